The average molecular weight is 470 g/mol. The molecule has 33 heavy (non-hydrogen) atoms. The number of anilines is 1. The van der Waals surface area contributed by atoms with E-state index in [2.05, 4.69) is 26.9 Å². The Morgan fingerprint density at radius 2 is 1.88 bits per heavy atom. The van der Waals surface area contributed by atoms with Gasteiger partial charge in [-0.2, -0.15) is 18.2 Å². The van der Waals surface area contributed by atoms with Crippen LogP contribution in [0.25, 0.3) is 11.2 Å². The maximum atomic E-state index is 13.0. The molecule has 0 spiro atoms. The van der Waals surface area contributed by atoms with Crippen molar-refractivity contribution >= 4 is 29.1 Å². The maximum Gasteiger partial charge on any atom is 0.491 e. The monoisotopic (exact) mass is 470 g/mol. The molecule has 3 heterocycles. The van der Waals surface area contributed by atoms with Crippen molar-refractivity contribution in [2.45, 2.75) is 32.6 Å². The minimum atomic E-state index is -5.39. The smallest absolute Gasteiger partial charge is 0.385 e. The summed E-state index contributed by atoms with van der Waals surface area (Å²) in [5, 5.41) is 3.17. The van der Waals surface area contributed by atoms with E-state index in [4.69, 9.17) is 0 Å². The highest BCUT2D eigenvalue weighted by molar-refractivity contribution is 5.90. The van der Waals surface area contributed by atoms with Gasteiger partial charge in [0.05, 0.1) is 6.54 Å². The van der Waals surface area contributed by atoms with Crippen LogP contribution in [0.4, 0.5) is 19.1 Å². The number of nitrogens with one attached hydrogen (secondary N) is 1. The molecule has 0 aliphatic carbocycles. The van der Waals surface area contributed by atoms with E-state index >= 15 is 0 Å². The van der Waals surface area contributed by atoms with E-state index in [9.17, 15) is 32.3 Å². The van der Waals surface area contributed by atoms with Crippen molar-refractivity contribution in [1.29, 1.82) is 0 Å². The van der Waals surface area contributed by atoms with Crippen LogP contribution in [-0.2, 0) is 27.9 Å². The molecule has 1 aliphatic rings. The lowest BCUT2D eigenvalue weighted by atomic mass is 10.3. The number of ether oxygens (including phenoxy) is 1. The third-order valence-electron chi connectivity index (χ3n) is 5.12. The van der Waals surface area contributed by atoms with Gasteiger partial charge in [0.1, 0.15) is 6.04 Å². The Kier molecular flexibility index (Phi) is 6.63. The second kappa shape index (κ2) is 9.10. The molecule has 1 N–H and O–H groups in total. The van der Waals surface area contributed by atoms with Crippen LogP contribution in [0.5, 0.6) is 0 Å². The molecule has 1 atom stereocenters. The number of esters is 2. The van der Waals surface area contributed by atoms with Gasteiger partial charge in [0, 0.05) is 33.2 Å². The van der Waals surface area contributed by atoms with Gasteiger partial charge >= 0.3 is 23.8 Å². The molecule has 1 saturated heterocycles. The molecule has 0 radical (unpaired) electrons. The van der Waals surface area contributed by atoms with E-state index in [-0.39, 0.29) is 17.7 Å². The van der Waals surface area contributed by atoms with Crippen molar-refractivity contribution in [1.82, 2.24) is 24.0 Å². The third-order valence-corrected chi connectivity index (χ3v) is 5.12. The lowest BCUT2D eigenvalue weighted by molar-refractivity contribution is -0.202. The van der Waals surface area contributed by atoms with E-state index < -0.39 is 35.4 Å². The molecule has 0 saturated carbocycles. The van der Waals surface area contributed by atoms with Gasteiger partial charge in [0.25, 0.3) is 5.56 Å². The van der Waals surface area contributed by atoms with Crippen LogP contribution in [-0.4, -0.2) is 63.0 Å². The number of nitrogens with zero attached hydrogens (tertiary/aromatic N) is 5. The van der Waals surface area contributed by atoms with Crippen LogP contribution in [0.1, 0.15) is 19.9 Å². The van der Waals surface area contributed by atoms with Crippen LogP contribution >= 0.6 is 0 Å². The van der Waals surface area contributed by atoms with Crippen LogP contribution in [0, 0.1) is 11.8 Å². The van der Waals surface area contributed by atoms with Crippen LogP contribution in [0.2, 0.25) is 0 Å². The van der Waals surface area contributed by atoms with Gasteiger partial charge in [-0.3, -0.25) is 18.5 Å². The molecule has 2 aromatic heterocycles. The molecule has 14 heteroatoms. The van der Waals surface area contributed by atoms with E-state index in [0.29, 0.717) is 36.7 Å². The summed E-state index contributed by atoms with van der Waals surface area (Å²) in [6.45, 7) is 5.06. The fourth-order valence-corrected chi connectivity index (χ4v) is 3.41. The summed E-state index contributed by atoms with van der Waals surface area (Å²) in [7, 11) is 1.16. The van der Waals surface area contributed by atoms with E-state index in [1.807, 2.05) is 4.90 Å². The Labute approximate surface area is 184 Å². The highest BCUT2D eigenvalue weighted by Gasteiger charge is 2.43. The summed E-state index contributed by atoms with van der Waals surface area (Å²) >= 11 is 0. The molecule has 0 amide bonds. The molecule has 1 unspecified atom stereocenters. The van der Waals surface area contributed by atoms with Crippen molar-refractivity contribution in [3.63, 3.8) is 0 Å². The zero-order chi connectivity index (χ0) is 24.5. The van der Waals surface area contributed by atoms with Gasteiger partial charge in [0.15, 0.2) is 11.2 Å². The summed E-state index contributed by atoms with van der Waals surface area (Å²) in [6, 6.07) is -1.69. The molecular weight excluding hydrogens is 449 g/mol. The number of hydrogen-bond donors (Lipinski definition) is 1. The topological polar surface area (TPSA) is 120 Å². The zero-order valence-electron chi connectivity index (χ0n) is 18.0. The van der Waals surface area contributed by atoms with Crippen molar-refractivity contribution in [2.24, 2.45) is 7.05 Å². The van der Waals surface area contributed by atoms with Gasteiger partial charge in [-0.25, -0.2) is 14.4 Å². The van der Waals surface area contributed by atoms with Gasteiger partial charge in [0.2, 0.25) is 5.95 Å². The van der Waals surface area contributed by atoms with Crippen molar-refractivity contribution in [3.05, 3.63) is 20.8 Å². The first-order valence-corrected chi connectivity index (χ1v) is 9.88. The largest absolute Gasteiger partial charge is 0.491 e. The molecule has 178 valence electrons. The Bertz CT molecular complexity index is 1270. The summed E-state index contributed by atoms with van der Waals surface area (Å²) in [5.41, 5.74) is -2.01. The summed E-state index contributed by atoms with van der Waals surface area (Å²) in [5.74, 6) is 1.53. The summed E-state index contributed by atoms with van der Waals surface area (Å²) < 4.78 is 44.4. The molecule has 3 rings (SSSR count). The van der Waals surface area contributed by atoms with Crippen LogP contribution in [0.3, 0.4) is 0 Å². The first-order chi connectivity index (χ1) is 15.5. The number of carbonyl (C=O) groups is 2. The molecule has 0 bridgehead atoms. The molecule has 0 aromatic carbocycles. The van der Waals surface area contributed by atoms with Crippen molar-refractivity contribution in [2.75, 3.05) is 31.1 Å². The lowest BCUT2D eigenvalue weighted by Crippen LogP contribution is -2.44. The summed E-state index contributed by atoms with van der Waals surface area (Å²) in [4.78, 5) is 55.5. The number of halogens is 3. The van der Waals surface area contributed by atoms with Crippen LogP contribution in [0.15, 0.2) is 9.59 Å². The fourth-order valence-electron chi connectivity index (χ4n) is 3.41. The minimum absolute atomic E-state index is 0.0467. The predicted molar refractivity (Wildman–Crippen MR) is 110 cm³/mol. The molecule has 1 aliphatic heterocycles. The molecular formula is C19H21F3N6O5. The lowest BCUT2D eigenvalue weighted by Gasteiger charge is -2.28. The average Bonchev–Trinajstić information content (AvgIpc) is 3.15. The molecule has 2 aromatic rings. The zero-order valence-corrected chi connectivity index (χ0v) is 18.0. The molecule has 1 fully saturated rings. The highest BCUT2D eigenvalue weighted by atomic mass is 19.4. The van der Waals surface area contributed by atoms with Crippen molar-refractivity contribution in [3.8, 4) is 11.8 Å². The number of alkyl halides is 3. The number of imidazole rings is 1. The number of aromatic nitrogens is 4. The van der Waals surface area contributed by atoms with Gasteiger partial charge in [-0.1, -0.05) is 5.92 Å². The summed E-state index contributed by atoms with van der Waals surface area (Å²) in [6.07, 6.45) is -5.39. The first-order valence-electron chi connectivity index (χ1n) is 9.88. The number of hydrogen-bond acceptors (Lipinski definition) is 8. The van der Waals surface area contributed by atoms with Gasteiger partial charge in [-0.05, 0) is 13.8 Å². The van der Waals surface area contributed by atoms with Crippen molar-refractivity contribution < 1.29 is 27.5 Å². The van der Waals surface area contributed by atoms with Crippen LogP contribution < -0.4 is 21.5 Å². The van der Waals surface area contributed by atoms with Gasteiger partial charge < -0.3 is 15.0 Å². The standard InChI is InChI=1S/C19H21F3N6O5/c1-4-5-8-27-12-13(24-17(27)26-9-6-23-7-10-26)28(18(32)25(3)14(12)29)11(2)15(30)33-16(31)19(20,21)22/h11,23H,6-10H2,1-3H3. The number of piperazine rings is 1. The second-order valence-corrected chi connectivity index (χ2v) is 7.23. The Balaban J connectivity index is 2.23. The first kappa shape index (κ1) is 24.1. The number of carbonyl (C=O) groups excluding carboxylic acids is 2. The molecule has 11 nitrogen and oxygen atoms in total. The SMILES string of the molecule is CC#CCn1c(N2CCNCC2)nc2c1c(=O)n(C)c(=O)n2C(C)C(=O)OC(=O)C(F)(F)F. The third kappa shape index (κ3) is 4.49. The number of fused-ring (bicyclic) bond motifs is 1. The van der Waals surface area contributed by atoms with E-state index in [1.54, 1.807) is 6.92 Å². The Hall–Kier alpha value is -3.60. The van der Waals surface area contributed by atoms with E-state index in [1.165, 1.54) is 4.57 Å². The quantitative estimate of drug-likeness (QED) is 0.362. The fraction of sp³-hybridized carbons (Fsp3) is 0.526. The number of rotatable bonds is 4. The van der Waals surface area contributed by atoms with Gasteiger partial charge in [-0.15, -0.1) is 5.92 Å². The Morgan fingerprint density at radius 1 is 1.24 bits per heavy atom. The second-order valence-electron chi connectivity index (χ2n) is 7.23. The minimum Gasteiger partial charge on any atom is -0.385 e. The normalized spacial score (nSPS) is 15.2. The maximum absolute atomic E-state index is 13.0. The Morgan fingerprint density at radius 3 is 2.45 bits per heavy atom. The highest BCUT2D eigenvalue weighted by Crippen LogP contribution is 2.23. The predicted octanol–water partition coefficient (Wildman–Crippen LogP) is -0.477. The van der Waals surface area contributed by atoms with E-state index in [0.717, 1.165) is 18.5 Å².